The minimum absolute atomic E-state index is 0.0209. The monoisotopic (exact) mass is 255 g/mol. The fourth-order valence-electron chi connectivity index (χ4n) is 2.44. The lowest BCUT2D eigenvalue weighted by atomic mass is 9.94. The maximum Gasteiger partial charge on any atom is 0.231 e. The highest BCUT2D eigenvalue weighted by molar-refractivity contribution is 5.91. The molecule has 2 N–H and O–H groups in total. The lowest BCUT2D eigenvalue weighted by Crippen LogP contribution is -2.36. The summed E-state index contributed by atoms with van der Waals surface area (Å²) in [5.41, 5.74) is 1.81. The fraction of sp³-hybridized carbons (Fsp3) is 0.333. The summed E-state index contributed by atoms with van der Waals surface area (Å²) in [7, 11) is 0. The molecule has 3 rings (SSSR count). The van der Waals surface area contributed by atoms with Crippen molar-refractivity contribution < 1.29 is 4.79 Å². The van der Waals surface area contributed by atoms with E-state index < -0.39 is 0 Å². The van der Waals surface area contributed by atoms with E-state index >= 15 is 0 Å². The molecule has 1 aromatic heterocycles. The van der Waals surface area contributed by atoms with Crippen LogP contribution >= 0.6 is 0 Å². The number of aromatic amines is 1. The zero-order valence-electron chi connectivity index (χ0n) is 10.9. The molecule has 1 atom stereocenters. The van der Waals surface area contributed by atoms with Crippen molar-refractivity contribution in [2.45, 2.75) is 31.2 Å². The van der Waals surface area contributed by atoms with Gasteiger partial charge in [-0.2, -0.15) is 5.10 Å². The first kappa shape index (κ1) is 12.0. The summed E-state index contributed by atoms with van der Waals surface area (Å²) in [6.45, 7) is 1.98. The second-order valence-electron chi connectivity index (χ2n) is 5.17. The van der Waals surface area contributed by atoms with Crippen LogP contribution in [0.3, 0.4) is 0 Å². The minimum atomic E-state index is -0.306. The maximum atomic E-state index is 12.5. The first-order valence-corrected chi connectivity index (χ1v) is 6.57. The Morgan fingerprint density at radius 3 is 2.68 bits per heavy atom. The summed E-state index contributed by atoms with van der Waals surface area (Å²) < 4.78 is 0. The van der Waals surface area contributed by atoms with E-state index in [9.17, 15) is 4.79 Å². The van der Waals surface area contributed by atoms with Gasteiger partial charge in [0.2, 0.25) is 5.91 Å². The summed E-state index contributed by atoms with van der Waals surface area (Å²) >= 11 is 0. The second kappa shape index (κ2) is 4.53. The van der Waals surface area contributed by atoms with E-state index in [1.54, 1.807) is 6.20 Å². The molecule has 1 unspecified atom stereocenters. The smallest absolute Gasteiger partial charge is 0.231 e. The summed E-state index contributed by atoms with van der Waals surface area (Å²) in [6.07, 6.45) is 5.42. The lowest BCUT2D eigenvalue weighted by molar-refractivity contribution is -0.124. The van der Waals surface area contributed by atoms with Gasteiger partial charge >= 0.3 is 0 Å². The van der Waals surface area contributed by atoms with Crippen LogP contribution in [0.1, 0.15) is 36.9 Å². The summed E-state index contributed by atoms with van der Waals surface area (Å²) in [6, 6.07) is 10.0. The molecule has 0 spiro atoms. The maximum absolute atomic E-state index is 12.5. The van der Waals surface area contributed by atoms with Crippen molar-refractivity contribution in [3.05, 3.63) is 53.9 Å². The Balaban J connectivity index is 1.74. The Morgan fingerprint density at radius 1 is 1.37 bits per heavy atom. The molecule has 98 valence electrons. The van der Waals surface area contributed by atoms with E-state index in [0.29, 0.717) is 0 Å². The van der Waals surface area contributed by atoms with E-state index in [1.165, 1.54) is 0 Å². The molecule has 1 fully saturated rings. The van der Waals surface area contributed by atoms with Gasteiger partial charge in [0.1, 0.15) is 0 Å². The number of carbonyl (C=O) groups excluding carboxylic acids is 1. The van der Waals surface area contributed by atoms with Gasteiger partial charge in [0.25, 0.3) is 0 Å². The number of H-pyrrole nitrogens is 1. The second-order valence-corrected chi connectivity index (χ2v) is 5.17. The summed E-state index contributed by atoms with van der Waals surface area (Å²) in [5, 5.41) is 9.76. The normalized spacial score (nSPS) is 17.7. The first-order valence-electron chi connectivity index (χ1n) is 6.57. The molecule has 0 saturated heterocycles. The van der Waals surface area contributed by atoms with Crippen LogP contribution in [0.2, 0.25) is 0 Å². The lowest BCUT2D eigenvalue weighted by Gasteiger charge is -2.19. The minimum Gasteiger partial charge on any atom is -0.349 e. The number of rotatable bonds is 4. The summed E-state index contributed by atoms with van der Waals surface area (Å²) in [4.78, 5) is 12.5. The van der Waals surface area contributed by atoms with E-state index in [4.69, 9.17) is 0 Å². The third-order valence-corrected chi connectivity index (χ3v) is 3.88. The van der Waals surface area contributed by atoms with Gasteiger partial charge in [-0.15, -0.1) is 0 Å². The largest absolute Gasteiger partial charge is 0.349 e. The number of amides is 1. The van der Waals surface area contributed by atoms with Crippen LogP contribution in [-0.2, 0) is 10.2 Å². The number of hydrogen-bond acceptors (Lipinski definition) is 2. The van der Waals surface area contributed by atoms with Gasteiger partial charge < -0.3 is 5.32 Å². The predicted molar refractivity (Wildman–Crippen MR) is 72.5 cm³/mol. The van der Waals surface area contributed by atoms with Crippen molar-refractivity contribution in [2.24, 2.45) is 0 Å². The van der Waals surface area contributed by atoms with Crippen molar-refractivity contribution in [2.75, 3.05) is 0 Å². The quantitative estimate of drug-likeness (QED) is 0.880. The van der Waals surface area contributed by atoms with Gasteiger partial charge in [0.05, 0.1) is 17.7 Å². The van der Waals surface area contributed by atoms with Crippen molar-refractivity contribution in [1.82, 2.24) is 15.5 Å². The molecular weight excluding hydrogens is 238 g/mol. The molecule has 1 heterocycles. The van der Waals surface area contributed by atoms with Crippen LogP contribution in [0.15, 0.2) is 42.7 Å². The van der Waals surface area contributed by atoms with Gasteiger partial charge in [0.15, 0.2) is 0 Å². The van der Waals surface area contributed by atoms with E-state index in [-0.39, 0.29) is 17.4 Å². The molecule has 1 aromatic carbocycles. The Morgan fingerprint density at radius 2 is 2.11 bits per heavy atom. The van der Waals surface area contributed by atoms with Gasteiger partial charge in [-0.3, -0.25) is 9.89 Å². The number of aromatic nitrogens is 2. The Hall–Kier alpha value is -2.10. The average Bonchev–Trinajstić information content (AvgIpc) is 3.07. The molecule has 1 aliphatic carbocycles. The molecule has 0 radical (unpaired) electrons. The SMILES string of the molecule is CC(NC(=O)C1(c2ccccc2)CC1)c1cn[nH]c1. The van der Waals surface area contributed by atoms with E-state index in [1.807, 2.05) is 43.5 Å². The Kier molecular flexibility index (Phi) is 2.85. The average molecular weight is 255 g/mol. The standard InChI is InChI=1S/C15H17N3O/c1-11(12-9-16-17-10-12)18-14(19)15(7-8-15)13-5-3-2-4-6-13/h2-6,9-11H,7-8H2,1H3,(H,16,17)(H,18,19). The number of hydrogen-bond donors (Lipinski definition) is 2. The highest BCUT2D eigenvalue weighted by atomic mass is 16.2. The number of carbonyl (C=O) groups is 1. The van der Waals surface area contributed by atoms with Gasteiger partial charge in [-0.25, -0.2) is 0 Å². The van der Waals surface area contributed by atoms with E-state index in [0.717, 1.165) is 24.0 Å². The van der Waals surface area contributed by atoms with Gasteiger partial charge in [0, 0.05) is 11.8 Å². The van der Waals surface area contributed by atoms with Gasteiger partial charge in [-0.05, 0) is 25.3 Å². The zero-order valence-corrected chi connectivity index (χ0v) is 10.9. The molecule has 0 aliphatic heterocycles. The third kappa shape index (κ3) is 2.14. The molecule has 19 heavy (non-hydrogen) atoms. The van der Waals surface area contributed by atoms with E-state index in [2.05, 4.69) is 15.5 Å². The molecule has 2 aromatic rings. The topological polar surface area (TPSA) is 57.8 Å². The highest BCUT2D eigenvalue weighted by Gasteiger charge is 2.51. The predicted octanol–water partition coefficient (Wildman–Crippen LogP) is 2.32. The van der Waals surface area contributed by atoms with Crippen LogP contribution in [0.5, 0.6) is 0 Å². The first-order chi connectivity index (χ1) is 9.22. The fourth-order valence-corrected chi connectivity index (χ4v) is 2.44. The molecule has 0 bridgehead atoms. The Labute approximate surface area is 112 Å². The zero-order chi connectivity index (χ0) is 13.3. The van der Waals surface area contributed by atoms with Gasteiger partial charge in [-0.1, -0.05) is 30.3 Å². The molecule has 1 amide bonds. The summed E-state index contributed by atoms with van der Waals surface area (Å²) in [5.74, 6) is 0.118. The van der Waals surface area contributed by atoms with Crippen molar-refractivity contribution in [3.8, 4) is 0 Å². The van der Waals surface area contributed by atoms with Crippen molar-refractivity contribution in [3.63, 3.8) is 0 Å². The van der Waals surface area contributed by atoms with Crippen LogP contribution < -0.4 is 5.32 Å². The third-order valence-electron chi connectivity index (χ3n) is 3.88. The van der Waals surface area contributed by atoms with Crippen molar-refractivity contribution in [1.29, 1.82) is 0 Å². The molecule has 1 aliphatic rings. The molecule has 1 saturated carbocycles. The van der Waals surface area contributed by atoms with Crippen LogP contribution in [0.25, 0.3) is 0 Å². The van der Waals surface area contributed by atoms with Crippen LogP contribution in [0, 0.1) is 0 Å². The number of nitrogens with zero attached hydrogens (tertiary/aromatic N) is 1. The number of nitrogens with one attached hydrogen (secondary N) is 2. The van der Waals surface area contributed by atoms with Crippen LogP contribution in [-0.4, -0.2) is 16.1 Å². The Bertz CT molecular complexity index is 558. The van der Waals surface area contributed by atoms with Crippen molar-refractivity contribution >= 4 is 5.91 Å². The molecule has 4 heteroatoms. The highest BCUT2D eigenvalue weighted by Crippen LogP contribution is 2.48. The van der Waals surface area contributed by atoms with Crippen LogP contribution in [0.4, 0.5) is 0 Å². The number of benzene rings is 1. The molecule has 4 nitrogen and oxygen atoms in total. The molecular formula is C15H17N3O.